The summed E-state index contributed by atoms with van der Waals surface area (Å²) in [6.07, 6.45) is 0. The lowest BCUT2D eigenvalue weighted by molar-refractivity contribution is -0.110. The first-order chi connectivity index (χ1) is 7.69. The van der Waals surface area contributed by atoms with Gasteiger partial charge in [-0.05, 0) is 26.3 Å². The van der Waals surface area contributed by atoms with E-state index >= 15 is 0 Å². The first kappa shape index (κ1) is 16.0. The second kappa shape index (κ2) is 6.70. The van der Waals surface area contributed by atoms with Gasteiger partial charge in [0.25, 0.3) is 5.52 Å². The summed E-state index contributed by atoms with van der Waals surface area (Å²) in [6, 6.07) is 0. The van der Waals surface area contributed by atoms with Crippen molar-refractivity contribution in [3.05, 3.63) is 36.5 Å². The summed E-state index contributed by atoms with van der Waals surface area (Å²) in [5.74, 6) is 0. The van der Waals surface area contributed by atoms with E-state index in [4.69, 9.17) is 9.05 Å². The Labute approximate surface area is 103 Å². The van der Waals surface area contributed by atoms with Crippen LogP contribution in [0.15, 0.2) is 36.5 Å². The zero-order valence-electron chi connectivity index (χ0n) is 10.6. The van der Waals surface area contributed by atoms with Gasteiger partial charge < -0.3 is 0 Å². The molecule has 0 saturated carbocycles. The van der Waals surface area contributed by atoms with Crippen LogP contribution < -0.4 is 0 Å². The van der Waals surface area contributed by atoms with E-state index < -0.39 is 13.1 Å². The molecule has 0 spiro atoms. The first-order valence-corrected chi connectivity index (χ1v) is 6.61. The molecule has 0 aliphatic heterocycles. The van der Waals surface area contributed by atoms with E-state index in [1.807, 2.05) is 0 Å². The first-order valence-electron chi connectivity index (χ1n) is 5.07. The van der Waals surface area contributed by atoms with Crippen molar-refractivity contribution >= 4 is 13.1 Å². The quantitative estimate of drug-likeness (QED) is 0.380. The predicted molar refractivity (Wildman–Crippen MR) is 69.0 cm³/mol. The third-order valence-electron chi connectivity index (χ3n) is 1.58. The summed E-state index contributed by atoms with van der Waals surface area (Å²) in [4.78, 5) is 11.7. The van der Waals surface area contributed by atoms with E-state index in [0.717, 1.165) is 0 Å². The Bertz CT molecular complexity index is 373. The average Bonchev–Trinajstić information content (AvgIpc) is 2.22. The minimum atomic E-state index is -3.83. The Hall–Kier alpha value is -0.960. The Morgan fingerprint density at radius 1 is 1.00 bits per heavy atom. The molecule has 0 heterocycles. The van der Waals surface area contributed by atoms with Crippen LogP contribution in [0.4, 0.5) is 0 Å². The fourth-order valence-electron chi connectivity index (χ4n) is 0.779. The maximum atomic E-state index is 12.2. The van der Waals surface area contributed by atoms with E-state index in [0.29, 0.717) is 11.1 Å². The van der Waals surface area contributed by atoms with Crippen LogP contribution in [-0.2, 0) is 18.4 Å². The van der Waals surface area contributed by atoms with Gasteiger partial charge in [0.1, 0.15) is 0 Å². The largest absolute Gasteiger partial charge is 0.401 e. The van der Waals surface area contributed by atoms with Crippen LogP contribution in [0.3, 0.4) is 0 Å². The van der Waals surface area contributed by atoms with Crippen LogP contribution in [0, 0.1) is 0 Å². The predicted octanol–water partition coefficient (Wildman–Crippen LogP) is 3.47. The number of carbonyl (C=O) groups is 1. The minimum absolute atomic E-state index is 0.00644. The number of allylic oxidation sites excluding steroid dienone is 1. The maximum Gasteiger partial charge on any atom is 0.401 e. The van der Waals surface area contributed by atoms with Crippen LogP contribution in [-0.4, -0.2) is 18.7 Å². The number of hydrogen-bond acceptors (Lipinski definition) is 4. The normalized spacial score (nSPS) is 11.0. The lowest BCUT2D eigenvalue weighted by Gasteiger charge is -2.17. The van der Waals surface area contributed by atoms with Crippen LogP contribution in [0.25, 0.3) is 0 Å². The molecule has 0 rings (SSSR count). The third-order valence-corrected chi connectivity index (χ3v) is 3.39. The summed E-state index contributed by atoms with van der Waals surface area (Å²) in [5.41, 5.74) is 0.731. The van der Waals surface area contributed by atoms with E-state index in [9.17, 15) is 9.36 Å². The molecule has 0 aliphatic rings. The molecule has 0 bridgehead atoms. The molecule has 0 amide bonds. The fraction of sp³-hybridized carbons (Fsp3) is 0.417. The molecule has 0 aromatic heterocycles. The van der Waals surface area contributed by atoms with Crippen molar-refractivity contribution in [1.82, 2.24) is 0 Å². The molecule has 0 unspecified atom stereocenters. The van der Waals surface area contributed by atoms with Gasteiger partial charge in [0.2, 0.25) is 0 Å². The monoisotopic (exact) mass is 258 g/mol. The van der Waals surface area contributed by atoms with Crippen LogP contribution in [0.2, 0.25) is 0 Å². The van der Waals surface area contributed by atoms with Crippen molar-refractivity contribution in [2.24, 2.45) is 0 Å². The van der Waals surface area contributed by atoms with Gasteiger partial charge in [-0.25, -0.2) is 0 Å². The van der Waals surface area contributed by atoms with E-state index in [2.05, 4.69) is 19.7 Å². The lowest BCUT2D eigenvalue weighted by Crippen LogP contribution is -2.09. The molecule has 0 N–H and O–H groups in total. The van der Waals surface area contributed by atoms with Gasteiger partial charge in [0.15, 0.2) is 0 Å². The van der Waals surface area contributed by atoms with Gasteiger partial charge in [-0.1, -0.05) is 30.9 Å². The van der Waals surface area contributed by atoms with E-state index in [1.165, 1.54) is 6.92 Å². The van der Waals surface area contributed by atoms with Gasteiger partial charge >= 0.3 is 7.60 Å². The summed E-state index contributed by atoms with van der Waals surface area (Å²) < 4.78 is 22.3. The summed E-state index contributed by atoms with van der Waals surface area (Å²) in [5, 5.41) is 0. The highest BCUT2D eigenvalue weighted by atomic mass is 31.2. The van der Waals surface area contributed by atoms with Gasteiger partial charge in [-0.3, -0.25) is 18.4 Å². The summed E-state index contributed by atoms with van der Waals surface area (Å²) in [6.45, 7) is 15.5. The lowest BCUT2D eigenvalue weighted by atomic mass is 10.4. The molecule has 96 valence electrons. The highest BCUT2D eigenvalue weighted by Gasteiger charge is 2.35. The van der Waals surface area contributed by atoms with Crippen molar-refractivity contribution in [3.8, 4) is 0 Å². The van der Waals surface area contributed by atoms with Crippen molar-refractivity contribution < 1.29 is 18.4 Å². The number of rotatable bonds is 8. The van der Waals surface area contributed by atoms with Gasteiger partial charge in [0, 0.05) is 0 Å². The molecular formula is C12H19O4P. The second-order valence-corrected chi connectivity index (χ2v) is 5.96. The Morgan fingerprint density at radius 3 is 1.59 bits per heavy atom. The molecule has 0 saturated heterocycles. The molecule has 0 radical (unpaired) electrons. The van der Waals surface area contributed by atoms with Crippen molar-refractivity contribution in [2.75, 3.05) is 13.2 Å². The van der Waals surface area contributed by atoms with E-state index in [1.54, 1.807) is 13.8 Å². The Kier molecular flexibility index (Phi) is 6.32. The minimum Gasteiger partial charge on any atom is -0.298 e. The molecule has 0 aromatic carbocycles. The SMILES string of the molecule is C=C(C)COP(=O)(OCC(=C)C)C(=O)C(=C)C. The standard InChI is InChI=1S/C12H19O4P/c1-9(2)7-15-17(14,12(13)11(5)6)16-8-10(3)4/h1,3,5,7-8H2,2,4,6H3. The molecule has 5 heteroatoms. The maximum absolute atomic E-state index is 12.2. The smallest absolute Gasteiger partial charge is 0.298 e. The van der Waals surface area contributed by atoms with Gasteiger partial charge in [0.05, 0.1) is 13.2 Å². The molecule has 17 heavy (non-hydrogen) atoms. The van der Waals surface area contributed by atoms with E-state index in [-0.39, 0.29) is 18.8 Å². The van der Waals surface area contributed by atoms with Crippen molar-refractivity contribution in [1.29, 1.82) is 0 Å². The third kappa shape index (κ3) is 5.78. The van der Waals surface area contributed by atoms with Crippen molar-refractivity contribution in [2.45, 2.75) is 20.8 Å². The molecule has 0 aromatic rings. The van der Waals surface area contributed by atoms with Gasteiger partial charge in [-0.2, -0.15) is 0 Å². The number of hydrogen-bond donors (Lipinski definition) is 0. The zero-order chi connectivity index (χ0) is 13.6. The Balaban J connectivity index is 4.86. The highest BCUT2D eigenvalue weighted by molar-refractivity contribution is 7.72. The van der Waals surface area contributed by atoms with Crippen LogP contribution in [0.5, 0.6) is 0 Å². The molecule has 0 atom stereocenters. The molecule has 0 fully saturated rings. The summed E-state index contributed by atoms with van der Waals surface area (Å²) in [7, 11) is -3.83. The Morgan fingerprint density at radius 2 is 1.35 bits per heavy atom. The zero-order valence-corrected chi connectivity index (χ0v) is 11.5. The average molecular weight is 258 g/mol. The number of carbonyl (C=O) groups excluding carboxylic acids is 1. The topological polar surface area (TPSA) is 52.6 Å². The fourth-order valence-corrected chi connectivity index (χ4v) is 2.34. The van der Waals surface area contributed by atoms with Crippen molar-refractivity contribution in [3.63, 3.8) is 0 Å². The summed E-state index contributed by atoms with van der Waals surface area (Å²) >= 11 is 0. The highest BCUT2D eigenvalue weighted by Crippen LogP contribution is 2.51. The molecular weight excluding hydrogens is 239 g/mol. The van der Waals surface area contributed by atoms with Crippen LogP contribution in [0.1, 0.15) is 20.8 Å². The second-order valence-electron chi connectivity index (χ2n) is 4.04. The van der Waals surface area contributed by atoms with Crippen LogP contribution >= 0.6 is 7.60 Å². The molecule has 0 aliphatic carbocycles. The molecule has 4 nitrogen and oxygen atoms in total. The van der Waals surface area contributed by atoms with Gasteiger partial charge in [-0.15, -0.1) is 0 Å².